The lowest BCUT2D eigenvalue weighted by molar-refractivity contribution is -0.120. The summed E-state index contributed by atoms with van der Waals surface area (Å²) >= 11 is 1.45. The summed E-state index contributed by atoms with van der Waals surface area (Å²) in [5.41, 5.74) is 1.48. The van der Waals surface area contributed by atoms with Gasteiger partial charge in [-0.05, 0) is 68.9 Å². The Morgan fingerprint density at radius 1 is 1.15 bits per heavy atom. The Hall–Kier alpha value is -2.43. The van der Waals surface area contributed by atoms with Crippen LogP contribution in [0.4, 0.5) is 5.00 Å². The normalized spacial score (nSPS) is 16.9. The van der Waals surface area contributed by atoms with E-state index in [2.05, 4.69) is 5.32 Å². The minimum absolute atomic E-state index is 0.179. The predicted molar refractivity (Wildman–Crippen MR) is 125 cm³/mol. The van der Waals surface area contributed by atoms with Crippen molar-refractivity contribution in [3.05, 3.63) is 40.3 Å². The number of anilines is 1. The molecule has 1 amide bonds. The van der Waals surface area contributed by atoms with E-state index in [-0.39, 0.29) is 36.4 Å². The van der Waals surface area contributed by atoms with Gasteiger partial charge in [-0.15, -0.1) is 11.3 Å². The van der Waals surface area contributed by atoms with Gasteiger partial charge in [-0.2, -0.15) is 4.31 Å². The lowest BCUT2D eigenvalue weighted by Crippen LogP contribution is -2.41. The molecule has 0 unspecified atom stereocenters. The second-order valence-electron chi connectivity index (χ2n) is 8.13. The van der Waals surface area contributed by atoms with E-state index in [0.29, 0.717) is 29.2 Å². The van der Waals surface area contributed by atoms with Gasteiger partial charge in [0.2, 0.25) is 15.9 Å². The molecule has 8 nitrogen and oxygen atoms in total. The smallest absolute Gasteiger partial charge is 0.341 e. The number of rotatable bonds is 7. The molecule has 0 bridgehead atoms. The highest BCUT2D eigenvalue weighted by Gasteiger charge is 2.34. The number of thiophene rings is 1. The zero-order chi connectivity index (χ0) is 23.6. The number of hydrogen-bond donors (Lipinski definition) is 1. The lowest BCUT2D eigenvalue weighted by Gasteiger charge is -2.30. The second-order valence-corrected chi connectivity index (χ2v) is 11.2. The molecule has 1 N–H and O–H groups in total. The van der Waals surface area contributed by atoms with Crippen LogP contribution in [0, 0.1) is 5.92 Å². The molecule has 1 fully saturated rings. The van der Waals surface area contributed by atoms with Gasteiger partial charge in [0.05, 0.1) is 24.2 Å². The largest absolute Gasteiger partial charge is 0.497 e. The first kappa shape index (κ1) is 23.7. The van der Waals surface area contributed by atoms with Gasteiger partial charge in [-0.1, -0.05) is 0 Å². The number of hydrogen-bond acceptors (Lipinski definition) is 7. The highest BCUT2D eigenvalue weighted by Crippen LogP contribution is 2.40. The maximum atomic E-state index is 13.0. The number of fused-ring (bicyclic) bond motifs is 1. The van der Waals surface area contributed by atoms with Gasteiger partial charge >= 0.3 is 5.97 Å². The van der Waals surface area contributed by atoms with Gasteiger partial charge in [0, 0.05) is 23.9 Å². The molecule has 2 aliphatic rings. The van der Waals surface area contributed by atoms with Crippen molar-refractivity contribution in [3.8, 4) is 5.75 Å². The summed E-state index contributed by atoms with van der Waals surface area (Å²) in [6.07, 6.45) is 3.56. The Kier molecular flexibility index (Phi) is 7.06. The molecular formula is C23H28N2O6S2. The molecule has 178 valence electrons. The average Bonchev–Trinajstić information content (AvgIpc) is 3.40. The molecule has 1 aromatic carbocycles. The fourth-order valence-electron chi connectivity index (χ4n) is 4.38. The number of nitrogens with one attached hydrogen (secondary N) is 1. The molecule has 0 atom stereocenters. The van der Waals surface area contributed by atoms with Crippen LogP contribution in [0.1, 0.15) is 47.0 Å². The number of esters is 1. The number of carbonyl (C=O) groups is 2. The number of aryl methyl sites for hydroxylation is 1. The van der Waals surface area contributed by atoms with Gasteiger partial charge < -0.3 is 14.8 Å². The molecule has 0 spiro atoms. The fraction of sp³-hybridized carbons (Fsp3) is 0.478. The molecule has 1 aromatic heterocycles. The summed E-state index contributed by atoms with van der Waals surface area (Å²) in [5, 5.41) is 3.50. The monoisotopic (exact) mass is 492 g/mol. The van der Waals surface area contributed by atoms with E-state index in [4.69, 9.17) is 9.47 Å². The maximum Gasteiger partial charge on any atom is 0.341 e. The van der Waals surface area contributed by atoms with Crippen LogP contribution in [0.3, 0.4) is 0 Å². The van der Waals surface area contributed by atoms with E-state index in [9.17, 15) is 18.0 Å². The van der Waals surface area contributed by atoms with E-state index < -0.39 is 16.0 Å². The van der Waals surface area contributed by atoms with Gasteiger partial charge in [-0.3, -0.25) is 4.79 Å². The van der Waals surface area contributed by atoms with Gasteiger partial charge in [-0.25, -0.2) is 13.2 Å². The Bertz CT molecular complexity index is 1130. The molecule has 33 heavy (non-hydrogen) atoms. The molecule has 1 aliphatic carbocycles. The number of amides is 1. The Morgan fingerprint density at radius 2 is 1.85 bits per heavy atom. The van der Waals surface area contributed by atoms with Crippen molar-refractivity contribution in [2.24, 2.45) is 5.92 Å². The van der Waals surface area contributed by atoms with Crippen molar-refractivity contribution in [2.75, 3.05) is 32.1 Å². The molecular weight excluding hydrogens is 464 g/mol. The van der Waals surface area contributed by atoms with Crippen LogP contribution in [-0.4, -0.2) is 51.4 Å². The topological polar surface area (TPSA) is 102 Å². The number of benzene rings is 1. The fourth-order valence-corrected chi connectivity index (χ4v) is 7.13. The minimum atomic E-state index is -3.63. The first-order valence-electron chi connectivity index (χ1n) is 11.1. The first-order valence-corrected chi connectivity index (χ1v) is 13.4. The second kappa shape index (κ2) is 9.82. The third kappa shape index (κ3) is 4.78. The Balaban J connectivity index is 1.41. The van der Waals surface area contributed by atoms with Gasteiger partial charge in [0.15, 0.2) is 0 Å². The molecule has 1 saturated heterocycles. The molecule has 0 radical (unpaired) electrons. The van der Waals surface area contributed by atoms with Crippen molar-refractivity contribution in [2.45, 2.75) is 43.9 Å². The number of nitrogens with zero attached hydrogens (tertiary/aromatic N) is 1. The van der Waals surface area contributed by atoms with E-state index in [1.165, 1.54) is 34.9 Å². The number of carbonyl (C=O) groups excluding carboxylic acids is 2. The highest BCUT2D eigenvalue weighted by atomic mass is 32.2. The molecule has 2 heterocycles. The number of piperidine rings is 1. The van der Waals surface area contributed by atoms with E-state index in [0.717, 1.165) is 29.7 Å². The summed E-state index contributed by atoms with van der Waals surface area (Å²) in [5.74, 6) is -0.306. The van der Waals surface area contributed by atoms with Crippen molar-refractivity contribution >= 4 is 38.2 Å². The zero-order valence-corrected chi connectivity index (χ0v) is 20.4. The summed E-state index contributed by atoms with van der Waals surface area (Å²) < 4.78 is 37.6. The summed E-state index contributed by atoms with van der Waals surface area (Å²) in [6, 6.07) is 6.29. The highest BCUT2D eigenvalue weighted by molar-refractivity contribution is 7.89. The standard InChI is InChI=1S/C23H28N2O6S2/c1-3-31-23(27)20-18-5-4-6-19(18)32-22(20)24-21(26)15-11-13-25(14-12-15)33(28,29)17-9-7-16(30-2)8-10-17/h7-10,15H,3-6,11-14H2,1-2H3,(H,24,26). The zero-order valence-electron chi connectivity index (χ0n) is 18.8. The van der Waals surface area contributed by atoms with Crippen molar-refractivity contribution < 1.29 is 27.5 Å². The molecule has 2 aromatic rings. The van der Waals surface area contributed by atoms with Crippen LogP contribution in [0.2, 0.25) is 0 Å². The SMILES string of the molecule is CCOC(=O)c1c(NC(=O)C2CCN(S(=O)(=O)c3ccc(OC)cc3)CC2)sc2c1CCC2. The molecule has 4 rings (SSSR count). The number of sulfonamides is 1. The summed E-state index contributed by atoms with van der Waals surface area (Å²) in [7, 11) is -2.10. The first-order chi connectivity index (χ1) is 15.8. The Labute approximate surface area is 197 Å². The summed E-state index contributed by atoms with van der Waals surface area (Å²) in [6.45, 7) is 2.56. The maximum absolute atomic E-state index is 13.0. The molecule has 0 saturated carbocycles. The van der Waals surface area contributed by atoms with Crippen LogP contribution in [0.25, 0.3) is 0 Å². The predicted octanol–water partition coefficient (Wildman–Crippen LogP) is 3.46. The Morgan fingerprint density at radius 3 is 2.48 bits per heavy atom. The summed E-state index contributed by atoms with van der Waals surface area (Å²) in [4.78, 5) is 26.8. The van der Waals surface area contributed by atoms with Crippen molar-refractivity contribution in [3.63, 3.8) is 0 Å². The number of ether oxygens (including phenoxy) is 2. The van der Waals surface area contributed by atoms with E-state index >= 15 is 0 Å². The third-order valence-corrected chi connectivity index (χ3v) is 9.28. The molecule has 1 aliphatic heterocycles. The van der Waals surface area contributed by atoms with Gasteiger partial charge in [0.1, 0.15) is 10.8 Å². The minimum Gasteiger partial charge on any atom is -0.497 e. The number of methoxy groups -OCH3 is 1. The van der Waals surface area contributed by atoms with E-state index in [1.807, 2.05) is 0 Å². The van der Waals surface area contributed by atoms with Crippen LogP contribution in [0.5, 0.6) is 5.75 Å². The average molecular weight is 493 g/mol. The third-order valence-electron chi connectivity index (χ3n) is 6.16. The van der Waals surface area contributed by atoms with Crippen LogP contribution >= 0.6 is 11.3 Å². The van der Waals surface area contributed by atoms with Crippen LogP contribution in [-0.2, 0) is 32.4 Å². The molecule has 10 heteroatoms. The van der Waals surface area contributed by atoms with Crippen molar-refractivity contribution in [1.29, 1.82) is 0 Å². The quantitative estimate of drug-likeness (QED) is 0.594. The van der Waals surface area contributed by atoms with Crippen LogP contribution < -0.4 is 10.1 Å². The van der Waals surface area contributed by atoms with Crippen LogP contribution in [0.15, 0.2) is 29.2 Å². The van der Waals surface area contributed by atoms with Crippen molar-refractivity contribution in [1.82, 2.24) is 4.31 Å². The van der Waals surface area contributed by atoms with E-state index in [1.54, 1.807) is 19.1 Å². The lowest BCUT2D eigenvalue weighted by atomic mass is 9.97. The van der Waals surface area contributed by atoms with Gasteiger partial charge in [0.25, 0.3) is 0 Å².